The number of nitrogens with zero attached hydrogens (tertiary/aromatic N) is 2. The van der Waals surface area contributed by atoms with Crippen LogP contribution in [-0.4, -0.2) is 91.3 Å². The van der Waals surface area contributed by atoms with Gasteiger partial charge in [-0.3, -0.25) is 19.5 Å². The van der Waals surface area contributed by atoms with Crippen molar-refractivity contribution in [2.45, 2.75) is 122 Å². The van der Waals surface area contributed by atoms with E-state index in [0.29, 0.717) is 5.69 Å². The van der Waals surface area contributed by atoms with Crippen LogP contribution in [0.25, 0.3) is 0 Å². The van der Waals surface area contributed by atoms with Crippen molar-refractivity contribution in [3.8, 4) is 0 Å². The first-order valence-corrected chi connectivity index (χ1v) is 20.7. The summed E-state index contributed by atoms with van der Waals surface area (Å²) in [6.07, 6.45) is 6.09. The number of nitrogens with one attached hydrogen (secondary N) is 3. The Hall–Kier alpha value is -3.61. The molecule has 2 heterocycles. The first kappa shape index (κ1) is 40.6. The predicted octanol–water partition coefficient (Wildman–Crippen LogP) is 6.56. The lowest BCUT2D eigenvalue weighted by Gasteiger charge is -2.36. The molecule has 4 amide bonds. The first-order valence-electron chi connectivity index (χ1n) is 19.2. The molecule has 0 bridgehead atoms. The maximum Gasteiger partial charge on any atom is 0.412 e. The normalized spacial score (nSPS) is 25.3. The molecule has 1 aromatic rings. The molecular formula is C38H58N5O9P. The van der Waals surface area contributed by atoms with E-state index in [-0.39, 0.29) is 38.7 Å². The molecule has 14 nitrogen and oxygen atoms in total. The maximum atomic E-state index is 14.5. The van der Waals surface area contributed by atoms with Crippen molar-refractivity contribution in [1.82, 2.24) is 15.5 Å². The van der Waals surface area contributed by atoms with E-state index in [1.807, 2.05) is 45.0 Å². The molecule has 5 atom stereocenters. The summed E-state index contributed by atoms with van der Waals surface area (Å²) in [5.41, 5.74) is 0.714. The van der Waals surface area contributed by atoms with Gasteiger partial charge in [0, 0.05) is 25.4 Å². The van der Waals surface area contributed by atoms with Gasteiger partial charge in [-0.1, -0.05) is 39.0 Å². The SMILES string of the molecule is C=CC1C[C@]1(NC(=O)[C@@H]1C[C@@H](OC(=O)Nc2ccccc2N2CCCCC2)CN1C(=O)[C@@H](NC(=O)OC1CCCC1)C(C)(C)C)P(=O)(OCC)OCC. The molecule has 53 heavy (non-hydrogen) atoms. The zero-order chi connectivity index (χ0) is 38.4. The summed E-state index contributed by atoms with van der Waals surface area (Å²) in [5.74, 6) is -1.54. The molecule has 0 aromatic heterocycles. The van der Waals surface area contributed by atoms with Gasteiger partial charge in [-0.25, -0.2) is 9.59 Å². The van der Waals surface area contributed by atoms with Crippen molar-refractivity contribution >= 4 is 43.0 Å². The summed E-state index contributed by atoms with van der Waals surface area (Å²) < 4.78 is 37.0. The number of hydrogen-bond acceptors (Lipinski definition) is 10. The van der Waals surface area contributed by atoms with Crippen LogP contribution >= 0.6 is 7.60 Å². The van der Waals surface area contributed by atoms with Crippen LogP contribution in [-0.2, 0) is 32.7 Å². The third-order valence-electron chi connectivity index (χ3n) is 10.6. The van der Waals surface area contributed by atoms with E-state index in [9.17, 15) is 23.7 Å². The number of piperidine rings is 1. The van der Waals surface area contributed by atoms with Gasteiger partial charge in [-0.05, 0) is 82.8 Å². The zero-order valence-electron chi connectivity index (χ0n) is 31.9. The van der Waals surface area contributed by atoms with Gasteiger partial charge in [-0.15, -0.1) is 6.58 Å². The minimum Gasteiger partial charge on any atom is -0.446 e. The summed E-state index contributed by atoms with van der Waals surface area (Å²) in [7, 11) is -3.87. The van der Waals surface area contributed by atoms with Gasteiger partial charge < -0.3 is 39.0 Å². The number of carbonyl (C=O) groups excluding carboxylic acids is 4. The molecule has 5 rings (SSSR count). The van der Waals surface area contributed by atoms with Crippen LogP contribution in [0.2, 0.25) is 0 Å². The second-order valence-corrected chi connectivity index (χ2v) is 17.8. The summed E-state index contributed by atoms with van der Waals surface area (Å²) in [4.78, 5) is 59.0. The van der Waals surface area contributed by atoms with Gasteiger partial charge in [0.25, 0.3) is 0 Å². The molecule has 294 valence electrons. The summed E-state index contributed by atoms with van der Waals surface area (Å²) in [5, 5.41) is 7.22. The minimum absolute atomic E-state index is 0.0371. The van der Waals surface area contributed by atoms with Crippen molar-refractivity contribution in [2.24, 2.45) is 11.3 Å². The molecule has 1 unspecified atom stereocenters. The van der Waals surface area contributed by atoms with E-state index in [2.05, 4.69) is 27.4 Å². The third-order valence-corrected chi connectivity index (χ3v) is 13.4. The number of anilines is 2. The molecule has 0 radical (unpaired) electrons. The Labute approximate surface area is 313 Å². The van der Waals surface area contributed by atoms with Crippen LogP contribution < -0.4 is 20.9 Å². The summed E-state index contributed by atoms with van der Waals surface area (Å²) in [6.45, 7) is 14.5. The number of carbonyl (C=O) groups is 4. The van der Waals surface area contributed by atoms with Gasteiger partial charge in [0.2, 0.25) is 11.8 Å². The van der Waals surface area contributed by atoms with Crippen molar-refractivity contribution < 1.29 is 42.3 Å². The molecule has 4 aliphatic rings. The minimum atomic E-state index is -3.87. The molecule has 2 saturated heterocycles. The molecule has 2 saturated carbocycles. The standard InChI is InChI=1S/C38H58N5O9P/c1-7-26-24-38(26,53(48,49-8-2)50-9-3)41-33(44)31-23-28(52-35(46)39-29-19-13-14-20-30(29)42-21-15-10-16-22-42)25-43(31)34(45)32(37(4,5)6)40-36(47)51-27-17-11-12-18-27/h7,13-14,19-20,26-28,31-32H,1,8-12,15-18,21-25H2,2-6H3,(H,39,46)(H,40,47)(H,41,44)/t26?,28-,31+,32-,38+/m1/s1. The number of ether oxygens (including phenoxy) is 2. The lowest BCUT2D eigenvalue weighted by atomic mass is 9.85. The van der Waals surface area contributed by atoms with Crippen molar-refractivity contribution in [2.75, 3.05) is 43.1 Å². The lowest BCUT2D eigenvalue weighted by Crippen LogP contribution is -2.58. The van der Waals surface area contributed by atoms with Crippen molar-refractivity contribution in [3.63, 3.8) is 0 Å². The Bertz CT molecular complexity index is 1530. The largest absolute Gasteiger partial charge is 0.446 e. The zero-order valence-corrected chi connectivity index (χ0v) is 32.8. The highest BCUT2D eigenvalue weighted by atomic mass is 31.2. The van der Waals surface area contributed by atoms with Gasteiger partial charge >= 0.3 is 19.8 Å². The average Bonchev–Trinajstić information content (AvgIpc) is 3.37. The number of para-hydroxylation sites is 2. The highest BCUT2D eigenvalue weighted by Crippen LogP contribution is 2.72. The van der Waals surface area contributed by atoms with Gasteiger partial charge in [-0.2, -0.15) is 0 Å². The van der Waals surface area contributed by atoms with Gasteiger partial charge in [0.15, 0.2) is 0 Å². The first-order chi connectivity index (χ1) is 25.2. The van der Waals surface area contributed by atoms with Crippen LogP contribution in [0.3, 0.4) is 0 Å². The van der Waals surface area contributed by atoms with Crippen molar-refractivity contribution in [1.29, 1.82) is 0 Å². The number of likely N-dealkylation sites (tertiary alicyclic amines) is 1. The fraction of sp³-hybridized carbons (Fsp3) is 0.684. The highest BCUT2D eigenvalue weighted by Gasteiger charge is 2.68. The second kappa shape index (κ2) is 17.2. The van der Waals surface area contributed by atoms with Crippen molar-refractivity contribution in [3.05, 3.63) is 36.9 Å². The fourth-order valence-corrected chi connectivity index (χ4v) is 10.2. The summed E-state index contributed by atoms with van der Waals surface area (Å²) >= 11 is 0. The van der Waals surface area contributed by atoms with Gasteiger partial charge in [0.1, 0.15) is 29.6 Å². The average molecular weight is 760 g/mol. The number of rotatable bonds is 14. The number of alkyl carbamates (subject to hydrolysis) is 1. The maximum absolute atomic E-state index is 14.5. The topological polar surface area (TPSA) is 165 Å². The summed E-state index contributed by atoms with van der Waals surface area (Å²) in [6, 6.07) is 5.32. The van der Waals surface area contributed by atoms with E-state index in [1.54, 1.807) is 19.9 Å². The van der Waals surface area contributed by atoms with Crippen LogP contribution in [0.5, 0.6) is 0 Å². The Morgan fingerprint density at radius 3 is 2.21 bits per heavy atom. The van der Waals surface area contributed by atoms with Gasteiger partial charge in [0.05, 0.1) is 31.1 Å². The molecule has 15 heteroatoms. The fourth-order valence-electron chi connectivity index (χ4n) is 7.77. The third kappa shape index (κ3) is 9.38. The Kier molecular flexibility index (Phi) is 13.2. The predicted molar refractivity (Wildman–Crippen MR) is 202 cm³/mol. The monoisotopic (exact) mass is 759 g/mol. The number of benzene rings is 1. The quantitative estimate of drug-likeness (QED) is 0.140. The molecule has 3 N–H and O–H groups in total. The molecule has 2 aliphatic heterocycles. The van der Waals surface area contributed by atoms with E-state index < -0.39 is 66.4 Å². The number of amides is 4. The second-order valence-electron chi connectivity index (χ2n) is 15.5. The van der Waals surface area contributed by atoms with Crippen LogP contribution in [0, 0.1) is 11.3 Å². The molecule has 4 fully saturated rings. The van der Waals surface area contributed by atoms with Crippen LogP contribution in [0.15, 0.2) is 36.9 Å². The molecule has 2 aliphatic carbocycles. The van der Waals surface area contributed by atoms with E-state index in [4.69, 9.17) is 18.5 Å². The molecule has 1 aromatic carbocycles. The van der Waals surface area contributed by atoms with Crippen LogP contribution in [0.1, 0.15) is 92.4 Å². The smallest absolute Gasteiger partial charge is 0.412 e. The highest BCUT2D eigenvalue weighted by molar-refractivity contribution is 7.56. The Morgan fingerprint density at radius 2 is 1.60 bits per heavy atom. The number of hydrogen-bond donors (Lipinski definition) is 3. The van der Waals surface area contributed by atoms with E-state index >= 15 is 0 Å². The molecular weight excluding hydrogens is 701 g/mol. The lowest BCUT2D eigenvalue weighted by molar-refractivity contribution is -0.142. The van der Waals surface area contributed by atoms with Crippen LogP contribution in [0.4, 0.5) is 21.0 Å². The molecule has 0 spiro atoms. The Morgan fingerprint density at radius 1 is 0.962 bits per heavy atom. The van der Waals surface area contributed by atoms with E-state index in [1.165, 1.54) is 4.90 Å². The Balaban J connectivity index is 1.38. The van der Waals surface area contributed by atoms with E-state index in [0.717, 1.165) is 63.7 Å².